The lowest BCUT2D eigenvalue weighted by Gasteiger charge is -2.32. The van der Waals surface area contributed by atoms with E-state index < -0.39 is 15.9 Å². The molecule has 162 valence electrons. The molecule has 0 radical (unpaired) electrons. The third-order valence-corrected chi connectivity index (χ3v) is 7.35. The van der Waals surface area contributed by atoms with Gasteiger partial charge in [0.2, 0.25) is 10.0 Å². The van der Waals surface area contributed by atoms with Crippen LogP contribution in [0, 0.1) is 0 Å². The van der Waals surface area contributed by atoms with Crippen LogP contribution in [0.25, 0.3) is 0 Å². The number of nitrogens with zero attached hydrogens (tertiary/aromatic N) is 1. The van der Waals surface area contributed by atoms with Crippen molar-refractivity contribution in [3.05, 3.63) is 53.6 Å². The number of carbonyl (C=O) groups is 1. The molecule has 1 amide bonds. The summed E-state index contributed by atoms with van der Waals surface area (Å²) in [6.45, 7) is 2.73. The quantitative estimate of drug-likeness (QED) is 0.722. The van der Waals surface area contributed by atoms with Crippen molar-refractivity contribution in [2.24, 2.45) is 0 Å². The standard InChI is InChI=1S/C22H28N2O5S/c1-16-8-6-7-13-24(16)30(26,27)21-14-17(11-12-20(21)29-3)22(25)23-19-10-5-4-9-18(19)15-28-2/h4-5,9-12,14,16H,6-8,13,15H2,1-3H3,(H,23,25). The number of para-hydroxylation sites is 1. The Balaban J connectivity index is 1.94. The number of ether oxygens (including phenoxy) is 2. The summed E-state index contributed by atoms with van der Waals surface area (Å²) < 4.78 is 38.7. The van der Waals surface area contributed by atoms with Gasteiger partial charge in [-0.25, -0.2) is 8.42 Å². The van der Waals surface area contributed by atoms with Gasteiger partial charge < -0.3 is 14.8 Å². The minimum atomic E-state index is -3.79. The zero-order chi connectivity index (χ0) is 21.7. The van der Waals surface area contributed by atoms with E-state index in [0.29, 0.717) is 18.8 Å². The second-order valence-electron chi connectivity index (χ2n) is 7.37. The van der Waals surface area contributed by atoms with Crippen molar-refractivity contribution in [3.63, 3.8) is 0 Å². The number of hydrogen-bond acceptors (Lipinski definition) is 5. The molecule has 0 spiro atoms. The largest absolute Gasteiger partial charge is 0.495 e. The van der Waals surface area contributed by atoms with Crippen molar-refractivity contribution in [1.82, 2.24) is 4.31 Å². The molecule has 0 bridgehead atoms. The predicted molar refractivity (Wildman–Crippen MR) is 115 cm³/mol. The molecule has 0 aromatic heterocycles. The fraction of sp³-hybridized carbons (Fsp3) is 0.409. The van der Waals surface area contributed by atoms with Gasteiger partial charge in [-0.3, -0.25) is 4.79 Å². The second kappa shape index (κ2) is 9.59. The van der Waals surface area contributed by atoms with E-state index in [1.54, 1.807) is 19.2 Å². The Hall–Kier alpha value is -2.42. The molecule has 0 aliphatic carbocycles. The van der Waals surface area contributed by atoms with Crippen LogP contribution < -0.4 is 10.1 Å². The minimum Gasteiger partial charge on any atom is -0.495 e. The lowest BCUT2D eigenvalue weighted by molar-refractivity contribution is 0.102. The average molecular weight is 433 g/mol. The van der Waals surface area contributed by atoms with E-state index in [2.05, 4.69) is 5.32 Å². The van der Waals surface area contributed by atoms with Gasteiger partial charge >= 0.3 is 0 Å². The highest BCUT2D eigenvalue weighted by atomic mass is 32.2. The smallest absolute Gasteiger partial charge is 0.255 e. The Morgan fingerprint density at radius 1 is 1.17 bits per heavy atom. The van der Waals surface area contributed by atoms with Gasteiger partial charge in [-0.1, -0.05) is 24.6 Å². The second-order valence-corrected chi connectivity index (χ2v) is 9.23. The molecule has 1 atom stereocenters. The summed E-state index contributed by atoms with van der Waals surface area (Å²) in [4.78, 5) is 12.9. The molecular formula is C22H28N2O5S. The van der Waals surface area contributed by atoms with E-state index in [0.717, 1.165) is 24.8 Å². The van der Waals surface area contributed by atoms with E-state index in [1.807, 2.05) is 25.1 Å². The highest BCUT2D eigenvalue weighted by Crippen LogP contribution is 2.32. The Morgan fingerprint density at radius 3 is 2.63 bits per heavy atom. The average Bonchev–Trinajstić information content (AvgIpc) is 2.75. The zero-order valence-electron chi connectivity index (χ0n) is 17.6. The SMILES string of the molecule is COCc1ccccc1NC(=O)c1ccc(OC)c(S(=O)(=O)N2CCCCC2C)c1. The van der Waals surface area contributed by atoms with Gasteiger partial charge in [0.05, 0.1) is 13.7 Å². The number of hydrogen-bond donors (Lipinski definition) is 1. The van der Waals surface area contributed by atoms with E-state index >= 15 is 0 Å². The van der Waals surface area contributed by atoms with Gasteiger partial charge in [0.25, 0.3) is 5.91 Å². The molecule has 1 unspecified atom stereocenters. The molecule has 30 heavy (non-hydrogen) atoms. The molecular weight excluding hydrogens is 404 g/mol. The first-order chi connectivity index (χ1) is 14.4. The van der Waals surface area contributed by atoms with Gasteiger partial charge in [-0.05, 0) is 44.0 Å². The van der Waals surface area contributed by atoms with Crippen LogP contribution in [0.5, 0.6) is 5.75 Å². The number of amides is 1. The van der Waals surface area contributed by atoms with Gasteiger partial charge in [-0.15, -0.1) is 0 Å². The van der Waals surface area contributed by atoms with Crippen LogP contribution in [0.2, 0.25) is 0 Å². The van der Waals surface area contributed by atoms with Crippen molar-refractivity contribution < 1.29 is 22.7 Å². The van der Waals surface area contributed by atoms with Gasteiger partial charge in [0.1, 0.15) is 10.6 Å². The van der Waals surface area contributed by atoms with E-state index in [1.165, 1.54) is 23.5 Å². The van der Waals surface area contributed by atoms with E-state index in [9.17, 15) is 13.2 Å². The van der Waals surface area contributed by atoms with Crippen molar-refractivity contribution in [2.75, 3.05) is 26.1 Å². The van der Waals surface area contributed by atoms with Crippen molar-refractivity contribution >= 4 is 21.6 Å². The molecule has 3 rings (SSSR count). The Kier molecular flexibility index (Phi) is 7.12. The number of nitrogens with one attached hydrogen (secondary N) is 1. The third kappa shape index (κ3) is 4.66. The first kappa shape index (κ1) is 22.3. The summed E-state index contributed by atoms with van der Waals surface area (Å²) in [7, 11) is -0.782. The summed E-state index contributed by atoms with van der Waals surface area (Å²) in [5.41, 5.74) is 1.69. The molecule has 1 heterocycles. The summed E-state index contributed by atoms with van der Waals surface area (Å²) in [6, 6.07) is 11.7. The van der Waals surface area contributed by atoms with Crippen molar-refractivity contribution in [3.8, 4) is 5.75 Å². The summed E-state index contributed by atoms with van der Waals surface area (Å²) in [6.07, 6.45) is 2.65. The van der Waals surface area contributed by atoms with Gasteiger partial charge in [0.15, 0.2) is 0 Å². The normalized spacial score (nSPS) is 17.5. The Labute approximate surface area is 178 Å². The summed E-state index contributed by atoms with van der Waals surface area (Å²) >= 11 is 0. The summed E-state index contributed by atoms with van der Waals surface area (Å²) in [5, 5.41) is 2.85. The number of sulfonamides is 1. The van der Waals surface area contributed by atoms with Crippen LogP contribution in [-0.4, -0.2) is 45.4 Å². The number of carbonyl (C=O) groups excluding carboxylic acids is 1. The van der Waals surface area contributed by atoms with Crippen LogP contribution in [-0.2, 0) is 21.4 Å². The minimum absolute atomic E-state index is 0.0107. The van der Waals surface area contributed by atoms with Crippen LogP contribution in [0.4, 0.5) is 5.69 Å². The number of methoxy groups -OCH3 is 2. The molecule has 2 aromatic rings. The molecule has 1 saturated heterocycles. The fourth-order valence-corrected chi connectivity index (χ4v) is 5.58. The lowest BCUT2D eigenvalue weighted by atomic mass is 10.1. The Bertz CT molecular complexity index is 1010. The maximum atomic E-state index is 13.3. The van der Waals surface area contributed by atoms with Gasteiger partial charge in [0, 0.05) is 36.5 Å². The first-order valence-electron chi connectivity index (χ1n) is 9.96. The Morgan fingerprint density at radius 2 is 1.93 bits per heavy atom. The first-order valence-corrected chi connectivity index (χ1v) is 11.4. The predicted octanol–water partition coefficient (Wildman–Crippen LogP) is 3.66. The number of piperidine rings is 1. The van der Waals surface area contributed by atoms with E-state index in [-0.39, 0.29) is 22.3 Å². The molecule has 1 aliphatic heterocycles. The van der Waals surface area contributed by atoms with Crippen LogP contribution in [0.1, 0.15) is 42.1 Å². The molecule has 2 aromatic carbocycles. The molecule has 7 nitrogen and oxygen atoms in total. The topological polar surface area (TPSA) is 84.9 Å². The number of anilines is 1. The van der Waals surface area contributed by atoms with Gasteiger partial charge in [-0.2, -0.15) is 4.31 Å². The van der Waals surface area contributed by atoms with Crippen LogP contribution >= 0.6 is 0 Å². The fourth-order valence-electron chi connectivity index (χ4n) is 3.69. The number of benzene rings is 2. The monoisotopic (exact) mass is 432 g/mol. The molecule has 1 fully saturated rings. The molecule has 1 aliphatic rings. The molecule has 8 heteroatoms. The van der Waals surface area contributed by atoms with Crippen LogP contribution in [0.3, 0.4) is 0 Å². The van der Waals surface area contributed by atoms with Crippen molar-refractivity contribution in [2.45, 2.75) is 43.7 Å². The maximum Gasteiger partial charge on any atom is 0.255 e. The van der Waals surface area contributed by atoms with E-state index in [4.69, 9.17) is 9.47 Å². The third-order valence-electron chi connectivity index (χ3n) is 5.32. The highest BCUT2D eigenvalue weighted by Gasteiger charge is 2.33. The zero-order valence-corrected chi connectivity index (χ0v) is 18.4. The van der Waals surface area contributed by atoms with Crippen LogP contribution in [0.15, 0.2) is 47.4 Å². The molecule has 0 saturated carbocycles. The molecule has 1 N–H and O–H groups in total. The highest BCUT2D eigenvalue weighted by molar-refractivity contribution is 7.89. The summed E-state index contributed by atoms with van der Waals surface area (Å²) in [5.74, 6) is -0.173. The lowest BCUT2D eigenvalue weighted by Crippen LogP contribution is -2.42. The number of rotatable bonds is 7. The maximum absolute atomic E-state index is 13.3. The van der Waals surface area contributed by atoms with Crippen molar-refractivity contribution in [1.29, 1.82) is 0 Å².